The maximum Gasteiger partial charge on any atom is 1.00 e. The van der Waals surface area contributed by atoms with Crippen molar-refractivity contribution < 1.29 is 40.9 Å². The van der Waals surface area contributed by atoms with Crippen LogP contribution in [-0.2, 0) is 4.79 Å². The second-order valence-corrected chi connectivity index (χ2v) is 5.21. The molecule has 0 amide bonds. The maximum absolute atomic E-state index is 10.6. The van der Waals surface area contributed by atoms with Crippen molar-refractivity contribution in [2.75, 3.05) is 0 Å². The molecule has 0 saturated carbocycles. The number of rotatable bonds is 12. The Hall–Kier alpha value is 0.470. The molecule has 0 aliphatic rings. The Morgan fingerprint density at radius 2 is 1.33 bits per heavy atom. The van der Waals surface area contributed by atoms with E-state index in [1.54, 1.807) is 6.92 Å². The van der Waals surface area contributed by atoms with Gasteiger partial charge in [-0.3, -0.25) is 4.79 Å². The first-order valence-corrected chi connectivity index (χ1v) is 7.41. The van der Waals surface area contributed by atoms with Gasteiger partial charge in [0.2, 0.25) is 0 Å². The van der Waals surface area contributed by atoms with Gasteiger partial charge in [0.05, 0.1) is 5.92 Å². The Labute approximate surface area is 137 Å². The average molecular weight is 266 g/mol. The molecule has 0 radical (unpaired) electrons. The molecule has 0 bridgehead atoms. The average Bonchev–Trinajstić information content (AvgIpc) is 2.31. The standard InChI is InChI=1S/C15H30O2.Na.H/c1-3-4-5-6-7-8-9-10-11-12-13-14(2)15(16)17;;/h14H,3-13H2,1-2H3,(H,16,17);;/q;+1;-1. The quantitative estimate of drug-likeness (QED) is 0.434. The Morgan fingerprint density at radius 1 is 0.944 bits per heavy atom. The summed E-state index contributed by atoms with van der Waals surface area (Å²) in [5, 5.41) is 8.73. The first kappa shape index (κ1) is 20.8. The van der Waals surface area contributed by atoms with Crippen LogP contribution >= 0.6 is 0 Å². The van der Waals surface area contributed by atoms with Gasteiger partial charge in [0, 0.05) is 0 Å². The summed E-state index contributed by atoms with van der Waals surface area (Å²) in [6.45, 7) is 4.05. The summed E-state index contributed by atoms with van der Waals surface area (Å²) >= 11 is 0. The molecule has 1 N–H and O–H groups in total. The van der Waals surface area contributed by atoms with Crippen LogP contribution in [0, 0.1) is 5.92 Å². The number of hydrogen-bond donors (Lipinski definition) is 1. The van der Waals surface area contributed by atoms with Crippen LogP contribution in [0.25, 0.3) is 0 Å². The van der Waals surface area contributed by atoms with Gasteiger partial charge in [0.15, 0.2) is 0 Å². The Balaban J connectivity index is -0.00000128. The van der Waals surface area contributed by atoms with E-state index in [4.69, 9.17) is 5.11 Å². The SMILES string of the molecule is CCCCCCCCCCCCC(C)C(=O)O.[H-].[Na+]. The summed E-state index contributed by atoms with van der Waals surface area (Å²) in [6, 6.07) is 0. The summed E-state index contributed by atoms with van der Waals surface area (Å²) in [4.78, 5) is 10.6. The Kier molecular flexibility index (Phi) is 17.9. The molecule has 3 heteroatoms. The summed E-state index contributed by atoms with van der Waals surface area (Å²) in [6.07, 6.45) is 13.9. The minimum atomic E-state index is -0.652. The van der Waals surface area contributed by atoms with Gasteiger partial charge in [-0.15, -0.1) is 0 Å². The number of carboxylic acids is 1. The Morgan fingerprint density at radius 3 is 1.72 bits per heavy atom. The molecule has 0 aromatic heterocycles. The van der Waals surface area contributed by atoms with Crippen LogP contribution in [0.3, 0.4) is 0 Å². The zero-order valence-corrected chi connectivity index (χ0v) is 14.7. The van der Waals surface area contributed by atoms with Crippen molar-refractivity contribution in [1.29, 1.82) is 0 Å². The van der Waals surface area contributed by atoms with Crippen molar-refractivity contribution in [1.82, 2.24) is 0 Å². The van der Waals surface area contributed by atoms with Crippen molar-refractivity contribution in [3.63, 3.8) is 0 Å². The van der Waals surface area contributed by atoms with Gasteiger partial charge in [-0.1, -0.05) is 78.1 Å². The van der Waals surface area contributed by atoms with Crippen LogP contribution in [0.2, 0.25) is 0 Å². The minimum absolute atomic E-state index is 0. The molecular formula is C15H31NaO2. The molecule has 104 valence electrons. The molecule has 0 aliphatic heterocycles. The summed E-state index contributed by atoms with van der Waals surface area (Å²) < 4.78 is 0. The molecule has 2 nitrogen and oxygen atoms in total. The third-order valence-electron chi connectivity index (χ3n) is 3.41. The van der Waals surface area contributed by atoms with E-state index in [-0.39, 0.29) is 36.9 Å². The second-order valence-electron chi connectivity index (χ2n) is 5.21. The third kappa shape index (κ3) is 14.5. The van der Waals surface area contributed by atoms with Gasteiger partial charge in [-0.2, -0.15) is 0 Å². The molecule has 1 unspecified atom stereocenters. The first-order valence-electron chi connectivity index (χ1n) is 7.41. The van der Waals surface area contributed by atoms with Gasteiger partial charge in [-0.25, -0.2) is 0 Å². The molecule has 0 rings (SSSR count). The predicted molar refractivity (Wildman–Crippen MR) is 74.4 cm³/mol. The molecule has 0 aliphatic carbocycles. The van der Waals surface area contributed by atoms with Crippen LogP contribution in [0.5, 0.6) is 0 Å². The van der Waals surface area contributed by atoms with Crippen LogP contribution in [0.15, 0.2) is 0 Å². The Bertz CT molecular complexity index is 189. The fourth-order valence-electron chi connectivity index (χ4n) is 2.06. The molecule has 0 aromatic rings. The van der Waals surface area contributed by atoms with Crippen LogP contribution in [0.1, 0.15) is 85.9 Å². The van der Waals surface area contributed by atoms with E-state index in [1.165, 1.54) is 57.8 Å². The van der Waals surface area contributed by atoms with Crippen molar-refractivity contribution in [3.8, 4) is 0 Å². The minimum Gasteiger partial charge on any atom is -1.00 e. The third-order valence-corrected chi connectivity index (χ3v) is 3.41. The van der Waals surface area contributed by atoms with Gasteiger partial charge in [0.25, 0.3) is 0 Å². The zero-order valence-electron chi connectivity index (χ0n) is 13.7. The monoisotopic (exact) mass is 266 g/mol. The molecular weight excluding hydrogens is 235 g/mol. The predicted octanol–water partition coefficient (Wildman–Crippen LogP) is 2.13. The topological polar surface area (TPSA) is 37.3 Å². The zero-order chi connectivity index (χ0) is 12.9. The van der Waals surface area contributed by atoms with E-state index in [9.17, 15) is 4.79 Å². The van der Waals surface area contributed by atoms with Crippen molar-refractivity contribution in [3.05, 3.63) is 0 Å². The summed E-state index contributed by atoms with van der Waals surface area (Å²) in [5.74, 6) is -0.815. The van der Waals surface area contributed by atoms with E-state index in [0.29, 0.717) is 0 Å². The van der Waals surface area contributed by atoms with E-state index in [2.05, 4.69) is 6.92 Å². The van der Waals surface area contributed by atoms with Crippen molar-refractivity contribution in [2.45, 2.75) is 84.5 Å². The number of carboxylic acid groups (broad SMARTS) is 1. The van der Waals surface area contributed by atoms with Gasteiger partial charge >= 0.3 is 35.5 Å². The summed E-state index contributed by atoms with van der Waals surface area (Å²) in [7, 11) is 0. The number of aliphatic carboxylic acids is 1. The van der Waals surface area contributed by atoms with Gasteiger partial charge < -0.3 is 6.53 Å². The summed E-state index contributed by atoms with van der Waals surface area (Å²) in [5.41, 5.74) is 0. The van der Waals surface area contributed by atoms with E-state index < -0.39 is 5.97 Å². The van der Waals surface area contributed by atoms with Crippen molar-refractivity contribution in [2.24, 2.45) is 5.92 Å². The van der Waals surface area contributed by atoms with Crippen LogP contribution in [0.4, 0.5) is 0 Å². The molecule has 0 aromatic carbocycles. The molecule has 0 spiro atoms. The molecule has 0 heterocycles. The van der Waals surface area contributed by atoms with Gasteiger partial charge in [-0.05, 0) is 6.42 Å². The molecule has 18 heavy (non-hydrogen) atoms. The van der Waals surface area contributed by atoms with Crippen molar-refractivity contribution >= 4 is 5.97 Å². The smallest absolute Gasteiger partial charge is 1.00 e. The number of carbonyl (C=O) groups is 1. The van der Waals surface area contributed by atoms with Crippen LogP contribution in [-0.4, -0.2) is 11.1 Å². The van der Waals surface area contributed by atoms with Crippen LogP contribution < -0.4 is 29.6 Å². The largest absolute Gasteiger partial charge is 1.00 e. The normalized spacial score (nSPS) is 11.9. The number of unbranched alkanes of at least 4 members (excludes halogenated alkanes) is 9. The fourth-order valence-corrected chi connectivity index (χ4v) is 2.06. The molecule has 1 atom stereocenters. The molecule has 0 saturated heterocycles. The van der Waals surface area contributed by atoms with E-state index >= 15 is 0 Å². The van der Waals surface area contributed by atoms with E-state index in [0.717, 1.165) is 12.8 Å². The number of hydrogen-bond acceptors (Lipinski definition) is 1. The second kappa shape index (κ2) is 15.5. The fraction of sp³-hybridized carbons (Fsp3) is 0.933. The molecule has 0 fully saturated rings. The first-order chi connectivity index (χ1) is 8.18. The van der Waals surface area contributed by atoms with Gasteiger partial charge in [0.1, 0.15) is 0 Å². The maximum atomic E-state index is 10.6. The van der Waals surface area contributed by atoms with E-state index in [1.807, 2.05) is 0 Å².